The highest BCUT2D eigenvalue weighted by molar-refractivity contribution is 5.91. The molecule has 0 aliphatic carbocycles. The Kier molecular flexibility index (Phi) is 6.79. The van der Waals surface area contributed by atoms with Crippen LogP contribution in [0.5, 0.6) is 0 Å². The number of hydrogen-bond donors (Lipinski definition) is 3. The smallest absolute Gasteiger partial charge is 0.279 e. The Hall–Kier alpha value is -1.99. The molecule has 2 aliphatic heterocycles. The lowest BCUT2D eigenvalue weighted by molar-refractivity contribution is -1.00. The number of nitrogens with zero attached hydrogens (tertiary/aromatic N) is 1. The number of amides is 2. The maximum atomic E-state index is 13.2. The van der Waals surface area contributed by atoms with Crippen LogP contribution < -0.4 is 15.1 Å². The largest absolute Gasteiger partial charge is 0.338 e. The van der Waals surface area contributed by atoms with Gasteiger partial charge in [-0.1, -0.05) is 13.0 Å². The number of halogens is 1. The van der Waals surface area contributed by atoms with Crippen molar-refractivity contribution in [1.82, 2.24) is 4.90 Å². The number of anilines is 1. The lowest BCUT2D eigenvalue weighted by Crippen LogP contribution is -3.28. The normalized spacial score (nSPS) is 25.9. The van der Waals surface area contributed by atoms with Gasteiger partial charge in [0.1, 0.15) is 32.0 Å². The molecule has 2 amide bonds. The first-order valence-electron chi connectivity index (χ1n) is 10.00. The molecule has 148 valence electrons. The summed E-state index contributed by atoms with van der Waals surface area (Å²) in [4.78, 5) is 29.2. The third kappa shape index (κ3) is 6.01. The van der Waals surface area contributed by atoms with Gasteiger partial charge in [-0.15, -0.1) is 0 Å². The van der Waals surface area contributed by atoms with E-state index in [1.807, 2.05) is 4.90 Å². The van der Waals surface area contributed by atoms with Gasteiger partial charge in [-0.05, 0) is 37.0 Å². The minimum Gasteiger partial charge on any atom is -0.338 e. The molecule has 2 saturated heterocycles. The summed E-state index contributed by atoms with van der Waals surface area (Å²) in [6.45, 7) is 8.48. The molecule has 0 bridgehead atoms. The number of carbonyl (C=O) groups is 2. The molecule has 0 unspecified atom stereocenters. The lowest BCUT2D eigenvalue weighted by atomic mass is 10.0. The number of nitrogens with one attached hydrogen (secondary N) is 3. The molecule has 0 spiro atoms. The second-order valence-corrected chi connectivity index (χ2v) is 8.00. The van der Waals surface area contributed by atoms with E-state index >= 15 is 0 Å². The van der Waals surface area contributed by atoms with Gasteiger partial charge in [0.2, 0.25) is 0 Å². The predicted octanol–water partition coefficient (Wildman–Crippen LogP) is -1.19. The molecule has 2 heterocycles. The molecule has 3 rings (SSSR count). The fraction of sp³-hybridized carbons (Fsp3) is 0.600. The van der Waals surface area contributed by atoms with Crippen molar-refractivity contribution in [3.63, 3.8) is 0 Å². The van der Waals surface area contributed by atoms with Crippen LogP contribution in [0.15, 0.2) is 24.3 Å². The molecule has 0 aromatic heterocycles. The Morgan fingerprint density at radius 2 is 1.89 bits per heavy atom. The highest BCUT2D eigenvalue weighted by Crippen LogP contribution is 2.14. The van der Waals surface area contributed by atoms with Crippen molar-refractivity contribution in [2.45, 2.75) is 19.8 Å². The zero-order chi connectivity index (χ0) is 19.2. The third-order valence-electron chi connectivity index (χ3n) is 5.59. The van der Waals surface area contributed by atoms with E-state index in [9.17, 15) is 14.0 Å². The van der Waals surface area contributed by atoms with Gasteiger partial charge < -0.3 is 20.0 Å². The molecular formula is C20H31FN4O2+2. The van der Waals surface area contributed by atoms with Crippen molar-refractivity contribution < 1.29 is 23.8 Å². The number of likely N-dealkylation sites (tertiary alicyclic amines) is 1. The third-order valence-corrected chi connectivity index (χ3v) is 5.59. The fourth-order valence-electron chi connectivity index (χ4n) is 4.05. The maximum Gasteiger partial charge on any atom is 0.279 e. The molecule has 1 aromatic rings. The minimum absolute atomic E-state index is 0.0996. The maximum absolute atomic E-state index is 13.2. The lowest BCUT2D eigenvalue weighted by Gasteiger charge is -2.33. The van der Waals surface area contributed by atoms with Gasteiger partial charge in [-0.25, -0.2) is 4.39 Å². The molecule has 27 heavy (non-hydrogen) atoms. The van der Waals surface area contributed by atoms with Crippen LogP contribution in [0.1, 0.15) is 19.8 Å². The van der Waals surface area contributed by atoms with Gasteiger partial charge in [0.25, 0.3) is 11.8 Å². The molecular weight excluding hydrogens is 347 g/mol. The number of hydrogen-bond acceptors (Lipinski definition) is 2. The van der Waals surface area contributed by atoms with Crippen molar-refractivity contribution >= 4 is 17.5 Å². The second-order valence-electron chi connectivity index (χ2n) is 8.00. The standard InChI is InChI=1S/C20H29FN4O2/c1-16-4-3-7-25(13-16)20(27)15-24-10-8-23(9-11-24)14-19(26)22-18-6-2-5-17(21)12-18/h2,5-6,12,16H,3-4,7-11,13-15H2,1H3,(H,22,26)/p+2/t16-/m0/s1. The van der Waals surface area contributed by atoms with Crippen molar-refractivity contribution in [3.05, 3.63) is 30.1 Å². The number of rotatable bonds is 5. The van der Waals surface area contributed by atoms with E-state index < -0.39 is 0 Å². The number of quaternary nitrogens is 2. The summed E-state index contributed by atoms with van der Waals surface area (Å²) in [5.74, 6) is 0.419. The highest BCUT2D eigenvalue weighted by atomic mass is 19.1. The Morgan fingerprint density at radius 1 is 1.19 bits per heavy atom. The van der Waals surface area contributed by atoms with Crippen LogP contribution in [0.4, 0.5) is 10.1 Å². The second kappa shape index (κ2) is 9.28. The molecule has 1 aromatic carbocycles. The molecule has 6 nitrogen and oxygen atoms in total. The fourth-order valence-corrected chi connectivity index (χ4v) is 4.05. The Bertz CT molecular complexity index is 661. The topological polar surface area (TPSA) is 58.3 Å². The van der Waals surface area contributed by atoms with Crippen molar-refractivity contribution in [3.8, 4) is 0 Å². The summed E-state index contributed by atoms with van der Waals surface area (Å²) in [6, 6.07) is 5.95. The van der Waals surface area contributed by atoms with Crippen molar-refractivity contribution in [2.24, 2.45) is 5.92 Å². The van der Waals surface area contributed by atoms with Gasteiger partial charge in [-0.3, -0.25) is 9.59 Å². The van der Waals surface area contributed by atoms with Gasteiger partial charge in [0.15, 0.2) is 13.1 Å². The molecule has 1 atom stereocenters. The molecule has 0 radical (unpaired) electrons. The van der Waals surface area contributed by atoms with Crippen LogP contribution >= 0.6 is 0 Å². The number of benzene rings is 1. The minimum atomic E-state index is -0.356. The Morgan fingerprint density at radius 3 is 2.56 bits per heavy atom. The number of carbonyl (C=O) groups excluding carboxylic acids is 2. The predicted molar refractivity (Wildman–Crippen MR) is 101 cm³/mol. The highest BCUT2D eigenvalue weighted by Gasteiger charge is 2.29. The van der Waals surface area contributed by atoms with Crippen molar-refractivity contribution in [2.75, 3.05) is 57.7 Å². The summed E-state index contributed by atoms with van der Waals surface area (Å²) in [5, 5.41) is 2.75. The van der Waals surface area contributed by atoms with Gasteiger partial charge in [0.05, 0.1) is 0 Å². The summed E-state index contributed by atoms with van der Waals surface area (Å²) >= 11 is 0. The zero-order valence-electron chi connectivity index (χ0n) is 16.1. The summed E-state index contributed by atoms with van der Waals surface area (Å²) < 4.78 is 13.2. The Balaban J connectivity index is 1.38. The molecule has 0 saturated carbocycles. The van der Waals surface area contributed by atoms with Gasteiger partial charge in [-0.2, -0.15) is 0 Å². The SMILES string of the molecule is C[C@H]1CCCN(C(=O)C[NH+]2CC[NH+](CC(=O)Nc3cccc(F)c3)CC2)C1. The Labute approximate surface area is 160 Å². The molecule has 3 N–H and O–H groups in total. The van der Waals surface area contributed by atoms with E-state index in [1.54, 1.807) is 12.1 Å². The average Bonchev–Trinajstić information content (AvgIpc) is 2.63. The zero-order valence-corrected chi connectivity index (χ0v) is 16.1. The van der Waals surface area contributed by atoms with E-state index in [1.165, 1.54) is 28.4 Å². The monoisotopic (exact) mass is 378 g/mol. The van der Waals surface area contributed by atoms with Crippen molar-refractivity contribution in [1.29, 1.82) is 0 Å². The van der Waals surface area contributed by atoms with Crippen LogP contribution in [0.2, 0.25) is 0 Å². The van der Waals surface area contributed by atoms with E-state index in [0.717, 1.165) is 45.7 Å². The van der Waals surface area contributed by atoms with Crippen LogP contribution in [0.3, 0.4) is 0 Å². The van der Waals surface area contributed by atoms with Crippen LogP contribution in [0, 0.1) is 11.7 Å². The first-order valence-corrected chi connectivity index (χ1v) is 10.00. The van der Waals surface area contributed by atoms with Gasteiger partial charge >= 0.3 is 0 Å². The molecule has 7 heteroatoms. The summed E-state index contributed by atoms with van der Waals surface area (Å²) in [7, 11) is 0. The van der Waals surface area contributed by atoms with Crippen LogP contribution in [0.25, 0.3) is 0 Å². The van der Waals surface area contributed by atoms with E-state index in [-0.39, 0.29) is 17.6 Å². The van der Waals surface area contributed by atoms with Gasteiger partial charge in [0, 0.05) is 18.8 Å². The van der Waals surface area contributed by atoms with E-state index in [4.69, 9.17) is 0 Å². The number of piperidine rings is 1. The quantitative estimate of drug-likeness (QED) is 0.603. The van der Waals surface area contributed by atoms with Crippen LogP contribution in [-0.4, -0.2) is 69.1 Å². The summed E-state index contributed by atoms with van der Waals surface area (Å²) in [6.07, 6.45) is 2.33. The van der Waals surface area contributed by atoms with Crippen LogP contribution in [-0.2, 0) is 9.59 Å². The van der Waals surface area contributed by atoms with E-state index in [0.29, 0.717) is 24.7 Å². The molecule has 2 fully saturated rings. The number of piperazine rings is 1. The molecule has 2 aliphatic rings. The average molecular weight is 378 g/mol. The summed E-state index contributed by atoms with van der Waals surface area (Å²) in [5.41, 5.74) is 0.491. The first-order chi connectivity index (χ1) is 13.0. The van der Waals surface area contributed by atoms with E-state index in [2.05, 4.69) is 12.2 Å². The first kappa shape index (κ1) is 19.8.